The number of nitrogens with zero attached hydrogens (tertiary/aromatic N) is 3. The van der Waals surface area contributed by atoms with Crippen molar-refractivity contribution in [3.63, 3.8) is 0 Å². The van der Waals surface area contributed by atoms with Crippen LogP contribution >= 0.6 is 0 Å². The van der Waals surface area contributed by atoms with Crippen molar-refractivity contribution < 1.29 is 9.18 Å². The van der Waals surface area contributed by atoms with Gasteiger partial charge in [0.05, 0.1) is 6.04 Å². The maximum atomic E-state index is 13.2. The highest BCUT2D eigenvalue weighted by atomic mass is 19.1. The van der Waals surface area contributed by atoms with Crippen LogP contribution < -0.4 is 10.6 Å². The molecular weight excluding hydrogens is 333 g/mol. The van der Waals surface area contributed by atoms with E-state index in [0.717, 1.165) is 31.5 Å². The van der Waals surface area contributed by atoms with E-state index in [2.05, 4.69) is 20.5 Å². The van der Waals surface area contributed by atoms with Crippen LogP contribution in [-0.4, -0.2) is 68.5 Å². The molecule has 1 atom stereocenters. The molecule has 1 amide bonds. The molecule has 0 spiro atoms. The number of nitrogens with one attached hydrogen (secondary N) is 2. The second-order valence-electron chi connectivity index (χ2n) is 6.69. The predicted molar refractivity (Wildman–Crippen MR) is 103 cm³/mol. The average molecular weight is 363 g/mol. The Labute approximate surface area is 155 Å². The van der Waals surface area contributed by atoms with Crippen LogP contribution in [0.1, 0.15) is 31.4 Å². The molecule has 1 saturated heterocycles. The Hall–Kier alpha value is -2.15. The van der Waals surface area contributed by atoms with Gasteiger partial charge in [-0.3, -0.25) is 4.79 Å². The number of amides is 1. The van der Waals surface area contributed by atoms with Crippen molar-refractivity contribution in [2.24, 2.45) is 4.99 Å². The van der Waals surface area contributed by atoms with Gasteiger partial charge in [-0.1, -0.05) is 12.1 Å². The minimum Gasteiger partial charge on any atom is -0.357 e. The quantitative estimate of drug-likeness (QED) is 0.571. The van der Waals surface area contributed by atoms with Crippen LogP contribution in [0, 0.1) is 5.82 Å². The molecule has 1 aromatic carbocycles. The first-order valence-electron chi connectivity index (χ1n) is 9.23. The molecule has 1 aliphatic rings. The number of likely N-dealkylation sites (N-methyl/N-ethyl adjacent to an activating group) is 1. The zero-order chi connectivity index (χ0) is 18.9. The van der Waals surface area contributed by atoms with Gasteiger partial charge in [0.2, 0.25) is 5.91 Å². The van der Waals surface area contributed by atoms with E-state index < -0.39 is 0 Å². The average Bonchev–Trinajstić information content (AvgIpc) is 3.15. The molecule has 6 nitrogen and oxygen atoms in total. The first-order valence-corrected chi connectivity index (χ1v) is 9.23. The van der Waals surface area contributed by atoms with Crippen LogP contribution in [0.5, 0.6) is 0 Å². The predicted octanol–water partition coefficient (Wildman–Crippen LogP) is 1.61. The summed E-state index contributed by atoms with van der Waals surface area (Å²) in [5, 5.41) is 6.47. The van der Waals surface area contributed by atoms with Crippen LogP contribution in [0.3, 0.4) is 0 Å². The smallest absolute Gasteiger partial charge is 0.244 e. The fourth-order valence-corrected chi connectivity index (χ4v) is 3.03. The van der Waals surface area contributed by atoms with Gasteiger partial charge in [-0.25, -0.2) is 9.38 Å². The monoisotopic (exact) mass is 363 g/mol. The highest BCUT2D eigenvalue weighted by Crippen LogP contribution is 2.17. The molecular formula is C19H30FN5O. The first kappa shape index (κ1) is 20.2. The van der Waals surface area contributed by atoms with E-state index in [4.69, 9.17) is 0 Å². The first-order chi connectivity index (χ1) is 12.5. The largest absolute Gasteiger partial charge is 0.357 e. The van der Waals surface area contributed by atoms with Gasteiger partial charge >= 0.3 is 0 Å². The summed E-state index contributed by atoms with van der Waals surface area (Å²) in [5.41, 5.74) is 1.02. The number of guanidine groups is 1. The number of rotatable bonds is 7. The van der Waals surface area contributed by atoms with Crippen LogP contribution in [0.25, 0.3) is 0 Å². The van der Waals surface area contributed by atoms with Gasteiger partial charge in [0.15, 0.2) is 5.96 Å². The Balaban J connectivity index is 1.97. The maximum absolute atomic E-state index is 13.2. The van der Waals surface area contributed by atoms with E-state index in [1.165, 1.54) is 12.1 Å². The molecule has 0 radical (unpaired) electrons. The third-order valence-electron chi connectivity index (χ3n) is 4.52. The third kappa shape index (κ3) is 5.98. The van der Waals surface area contributed by atoms with E-state index in [0.29, 0.717) is 19.0 Å². The van der Waals surface area contributed by atoms with Crippen molar-refractivity contribution in [2.45, 2.75) is 25.8 Å². The molecule has 7 heteroatoms. The molecule has 26 heavy (non-hydrogen) atoms. The number of halogens is 1. The lowest BCUT2D eigenvalue weighted by Crippen LogP contribution is -2.42. The lowest BCUT2D eigenvalue weighted by molar-refractivity contribution is -0.128. The van der Waals surface area contributed by atoms with Gasteiger partial charge in [0.1, 0.15) is 12.4 Å². The van der Waals surface area contributed by atoms with Crippen LogP contribution in [0.2, 0.25) is 0 Å². The van der Waals surface area contributed by atoms with Gasteiger partial charge in [0, 0.05) is 26.2 Å². The molecule has 0 bridgehead atoms. The molecule has 0 aromatic heterocycles. The van der Waals surface area contributed by atoms with Crippen molar-refractivity contribution in [2.75, 3.05) is 46.8 Å². The number of carbonyl (C=O) groups is 1. The molecule has 1 fully saturated rings. The Morgan fingerprint density at radius 3 is 2.46 bits per heavy atom. The Morgan fingerprint density at radius 2 is 1.88 bits per heavy atom. The topological polar surface area (TPSA) is 60.0 Å². The van der Waals surface area contributed by atoms with Crippen molar-refractivity contribution in [1.29, 1.82) is 0 Å². The minimum atomic E-state index is -0.241. The molecule has 144 valence electrons. The molecule has 1 heterocycles. The van der Waals surface area contributed by atoms with Crippen molar-refractivity contribution in [3.8, 4) is 0 Å². The summed E-state index contributed by atoms with van der Waals surface area (Å²) in [5.74, 6) is 0.450. The maximum Gasteiger partial charge on any atom is 0.244 e. The van der Waals surface area contributed by atoms with E-state index in [1.54, 1.807) is 12.1 Å². The minimum absolute atomic E-state index is 0.0636. The Bertz CT molecular complexity index is 596. The van der Waals surface area contributed by atoms with Gasteiger partial charge in [-0.2, -0.15) is 0 Å². The SMILES string of the molecule is CCNC(=NCC(=O)N1CCCC1)NCC(c1ccc(F)cc1)N(C)C. The molecule has 2 N–H and O–H groups in total. The second kappa shape index (κ2) is 10.1. The lowest BCUT2D eigenvalue weighted by atomic mass is 10.1. The highest BCUT2D eigenvalue weighted by molar-refractivity contribution is 5.85. The highest BCUT2D eigenvalue weighted by Gasteiger charge is 2.18. The fraction of sp³-hybridized carbons (Fsp3) is 0.579. The van der Waals surface area contributed by atoms with Crippen LogP contribution in [0.15, 0.2) is 29.3 Å². The summed E-state index contributed by atoms with van der Waals surface area (Å²) in [7, 11) is 3.97. The molecule has 1 aromatic rings. The second-order valence-corrected chi connectivity index (χ2v) is 6.69. The van der Waals surface area contributed by atoms with Gasteiger partial charge in [0.25, 0.3) is 0 Å². The van der Waals surface area contributed by atoms with E-state index >= 15 is 0 Å². The number of aliphatic imine (C=N–C) groups is 1. The normalized spacial score (nSPS) is 16.0. The zero-order valence-electron chi connectivity index (χ0n) is 16.0. The molecule has 0 saturated carbocycles. The summed E-state index contributed by atoms with van der Waals surface area (Å²) in [6, 6.07) is 6.60. The lowest BCUT2D eigenvalue weighted by Gasteiger charge is -2.26. The van der Waals surface area contributed by atoms with Gasteiger partial charge in [-0.15, -0.1) is 0 Å². The number of carbonyl (C=O) groups excluding carboxylic acids is 1. The van der Waals surface area contributed by atoms with Crippen LogP contribution in [0.4, 0.5) is 4.39 Å². The number of benzene rings is 1. The Morgan fingerprint density at radius 1 is 1.23 bits per heavy atom. The fourth-order valence-electron chi connectivity index (χ4n) is 3.03. The third-order valence-corrected chi connectivity index (χ3v) is 4.52. The van der Waals surface area contributed by atoms with E-state index in [1.807, 2.05) is 25.9 Å². The van der Waals surface area contributed by atoms with Crippen LogP contribution in [-0.2, 0) is 4.79 Å². The summed E-state index contributed by atoms with van der Waals surface area (Å²) in [6.45, 7) is 5.13. The standard InChI is InChI=1S/C19H30FN5O/c1-4-21-19(23-14-18(26)25-11-5-6-12-25)22-13-17(24(2)3)15-7-9-16(20)10-8-15/h7-10,17H,4-6,11-14H2,1-3H3,(H2,21,22,23). The van der Waals surface area contributed by atoms with E-state index in [9.17, 15) is 9.18 Å². The summed E-state index contributed by atoms with van der Waals surface area (Å²) < 4.78 is 13.2. The molecule has 2 rings (SSSR count). The molecule has 1 aliphatic heterocycles. The van der Waals surface area contributed by atoms with Crippen molar-refractivity contribution >= 4 is 11.9 Å². The number of likely N-dealkylation sites (tertiary alicyclic amines) is 1. The Kier molecular flexibility index (Phi) is 7.84. The summed E-state index contributed by atoms with van der Waals surface area (Å²) >= 11 is 0. The van der Waals surface area contributed by atoms with Crippen molar-refractivity contribution in [1.82, 2.24) is 20.4 Å². The molecule has 0 aliphatic carbocycles. The summed E-state index contributed by atoms with van der Waals surface area (Å²) in [6.07, 6.45) is 2.16. The van der Waals surface area contributed by atoms with Crippen molar-refractivity contribution in [3.05, 3.63) is 35.6 Å². The molecule has 1 unspecified atom stereocenters. The zero-order valence-corrected chi connectivity index (χ0v) is 16.0. The van der Waals surface area contributed by atoms with Gasteiger partial charge < -0.3 is 20.4 Å². The van der Waals surface area contributed by atoms with E-state index in [-0.39, 0.29) is 24.3 Å². The number of hydrogen-bond acceptors (Lipinski definition) is 3. The summed E-state index contributed by atoms with van der Waals surface area (Å²) in [4.78, 5) is 20.5. The number of hydrogen-bond donors (Lipinski definition) is 2. The van der Waals surface area contributed by atoms with Gasteiger partial charge in [-0.05, 0) is 51.6 Å².